The molecule has 1 aromatic carbocycles. The van der Waals surface area contributed by atoms with Gasteiger partial charge in [-0.25, -0.2) is 4.98 Å². The number of fused-ring (bicyclic) bond motifs is 1. The van der Waals surface area contributed by atoms with Gasteiger partial charge in [-0.05, 0) is 11.6 Å². The van der Waals surface area contributed by atoms with Gasteiger partial charge >= 0.3 is 0 Å². The van der Waals surface area contributed by atoms with Crippen molar-refractivity contribution >= 4 is 39.9 Å². The van der Waals surface area contributed by atoms with Crippen molar-refractivity contribution in [3.63, 3.8) is 0 Å². The fraction of sp³-hybridized carbons (Fsp3) is 0.222. The Kier molecular flexibility index (Phi) is 5.86. The molecule has 0 aliphatic rings. The highest BCUT2D eigenvalue weighted by atomic mass is 35.5. The van der Waals surface area contributed by atoms with E-state index in [0.29, 0.717) is 30.5 Å². The molecule has 0 saturated heterocycles. The molecule has 25 heavy (non-hydrogen) atoms. The number of halogens is 1. The van der Waals surface area contributed by atoms with E-state index >= 15 is 0 Å². The Labute approximate surface area is 155 Å². The summed E-state index contributed by atoms with van der Waals surface area (Å²) in [5.41, 5.74) is 1.78. The van der Waals surface area contributed by atoms with Gasteiger partial charge in [-0.3, -0.25) is 9.20 Å². The second-order valence-corrected chi connectivity index (χ2v) is 6.65. The molecule has 2 heterocycles. The molecule has 0 aliphatic carbocycles. The first-order chi connectivity index (χ1) is 12.2. The lowest BCUT2D eigenvalue weighted by molar-refractivity contribution is -0.127. The highest BCUT2D eigenvalue weighted by Crippen LogP contribution is 2.22. The van der Waals surface area contributed by atoms with E-state index in [1.54, 1.807) is 18.1 Å². The van der Waals surface area contributed by atoms with Crippen molar-refractivity contribution in [3.05, 3.63) is 64.4 Å². The summed E-state index contributed by atoms with van der Waals surface area (Å²) in [5.74, 6) is -0.0952. The van der Waals surface area contributed by atoms with E-state index in [-0.39, 0.29) is 5.91 Å². The fourth-order valence-corrected chi connectivity index (χ4v) is 3.46. The highest BCUT2D eigenvalue weighted by molar-refractivity contribution is 7.15. The number of methoxy groups -OCH3 is 1. The molecular formula is C18H18ClN3O2S. The van der Waals surface area contributed by atoms with Gasteiger partial charge in [-0.1, -0.05) is 41.9 Å². The van der Waals surface area contributed by atoms with Crippen LogP contribution in [0.25, 0.3) is 11.0 Å². The fourth-order valence-electron chi connectivity index (χ4n) is 2.45. The minimum atomic E-state index is -0.0952. The van der Waals surface area contributed by atoms with Crippen molar-refractivity contribution in [1.29, 1.82) is 0 Å². The first-order valence-corrected chi connectivity index (χ1v) is 9.05. The van der Waals surface area contributed by atoms with E-state index in [0.717, 1.165) is 10.5 Å². The van der Waals surface area contributed by atoms with E-state index in [2.05, 4.69) is 4.98 Å². The summed E-state index contributed by atoms with van der Waals surface area (Å²) < 4.78 is 6.99. The predicted molar refractivity (Wildman–Crippen MR) is 101 cm³/mol. The summed E-state index contributed by atoms with van der Waals surface area (Å²) in [6.07, 6.45) is 5.13. The zero-order chi connectivity index (χ0) is 17.6. The van der Waals surface area contributed by atoms with E-state index < -0.39 is 0 Å². The van der Waals surface area contributed by atoms with Crippen LogP contribution in [0, 0.1) is 0 Å². The Morgan fingerprint density at radius 2 is 2.20 bits per heavy atom. The van der Waals surface area contributed by atoms with Crippen LogP contribution in [0.1, 0.15) is 11.3 Å². The van der Waals surface area contributed by atoms with E-state index in [9.17, 15) is 4.79 Å². The van der Waals surface area contributed by atoms with E-state index in [4.69, 9.17) is 16.3 Å². The largest absolute Gasteiger partial charge is 0.383 e. The number of imidazole rings is 1. The predicted octanol–water partition coefficient (Wildman–Crippen LogP) is 3.74. The molecule has 0 atom stereocenters. The average Bonchev–Trinajstić information content (AvgIpc) is 3.18. The maximum atomic E-state index is 12.6. The van der Waals surface area contributed by atoms with Gasteiger partial charge in [-0.15, -0.1) is 11.3 Å². The molecule has 0 saturated carbocycles. The molecule has 0 radical (unpaired) electrons. The van der Waals surface area contributed by atoms with Gasteiger partial charge in [0.25, 0.3) is 0 Å². The van der Waals surface area contributed by atoms with Gasteiger partial charge < -0.3 is 9.64 Å². The van der Waals surface area contributed by atoms with Crippen LogP contribution in [-0.4, -0.2) is 40.5 Å². The van der Waals surface area contributed by atoms with Crippen molar-refractivity contribution < 1.29 is 9.53 Å². The van der Waals surface area contributed by atoms with Crippen LogP contribution in [0.2, 0.25) is 5.15 Å². The van der Waals surface area contributed by atoms with Gasteiger partial charge in [0.05, 0.1) is 12.3 Å². The molecule has 3 aromatic rings. The zero-order valence-corrected chi connectivity index (χ0v) is 15.3. The summed E-state index contributed by atoms with van der Waals surface area (Å²) in [7, 11) is 1.63. The summed E-state index contributed by atoms with van der Waals surface area (Å²) in [4.78, 5) is 19.5. The van der Waals surface area contributed by atoms with Crippen LogP contribution in [-0.2, 0) is 16.1 Å². The number of hydrogen-bond acceptors (Lipinski definition) is 4. The lowest BCUT2D eigenvalue weighted by Crippen LogP contribution is -2.32. The monoisotopic (exact) mass is 375 g/mol. The molecule has 0 bridgehead atoms. The first kappa shape index (κ1) is 17.7. The summed E-state index contributed by atoms with van der Waals surface area (Å²) in [6.45, 7) is 1.53. The third kappa shape index (κ3) is 4.28. The number of rotatable bonds is 7. The van der Waals surface area contributed by atoms with Gasteiger partial charge in [0.15, 0.2) is 10.1 Å². The van der Waals surface area contributed by atoms with Crippen LogP contribution in [0.4, 0.5) is 0 Å². The number of ether oxygens (including phenoxy) is 1. The minimum absolute atomic E-state index is 0.0952. The first-order valence-electron chi connectivity index (χ1n) is 7.80. The third-order valence-electron chi connectivity index (χ3n) is 3.73. The van der Waals surface area contributed by atoms with Crippen LogP contribution < -0.4 is 0 Å². The minimum Gasteiger partial charge on any atom is -0.383 e. The van der Waals surface area contributed by atoms with Gasteiger partial charge in [0.1, 0.15) is 0 Å². The summed E-state index contributed by atoms with van der Waals surface area (Å²) in [6, 6.07) is 9.88. The number of hydrogen-bond donors (Lipinski definition) is 0. The number of amides is 1. The Balaban J connectivity index is 1.77. The molecule has 0 N–H and O–H groups in total. The van der Waals surface area contributed by atoms with Gasteiger partial charge in [0.2, 0.25) is 5.91 Å². The van der Waals surface area contributed by atoms with Crippen molar-refractivity contribution in [2.75, 3.05) is 20.3 Å². The molecule has 1 amide bonds. The van der Waals surface area contributed by atoms with E-state index in [1.165, 1.54) is 17.4 Å². The normalized spacial score (nSPS) is 11.4. The third-order valence-corrected chi connectivity index (χ3v) is 4.77. The van der Waals surface area contributed by atoms with Crippen molar-refractivity contribution in [2.24, 2.45) is 0 Å². The van der Waals surface area contributed by atoms with Gasteiger partial charge in [-0.2, -0.15) is 0 Å². The number of aromatic nitrogens is 2. The Hall–Kier alpha value is -2.15. The van der Waals surface area contributed by atoms with Crippen LogP contribution in [0.15, 0.2) is 48.0 Å². The Morgan fingerprint density at radius 3 is 2.96 bits per heavy atom. The SMILES string of the molecule is COCCN(Cc1ccccc1)C(=O)/C=C/c1c(Cl)nc2sccn12. The summed E-state index contributed by atoms with van der Waals surface area (Å²) in [5, 5.41) is 2.32. The Morgan fingerprint density at radius 1 is 1.40 bits per heavy atom. The zero-order valence-electron chi connectivity index (χ0n) is 13.8. The molecule has 0 aliphatic heterocycles. The molecule has 5 nitrogen and oxygen atoms in total. The number of carbonyl (C=O) groups is 1. The highest BCUT2D eigenvalue weighted by Gasteiger charge is 2.13. The van der Waals surface area contributed by atoms with E-state index in [1.807, 2.05) is 46.3 Å². The smallest absolute Gasteiger partial charge is 0.247 e. The molecule has 2 aromatic heterocycles. The molecule has 0 spiro atoms. The molecule has 130 valence electrons. The number of benzene rings is 1. The maximum Gasteiger partial charge on any atom is 0.247 e. The lowest BCUT2D eigenvalue weighted by atomic mass is 10.2. The molecule has 0 unspecified atom stereocenters. The second-order valence-electron chi connectivity index (χ2n) is 5.41. The quantitative estimate of drug-likeness (QED) is 0.591. The average molecular weight is 376 g/mol. The Bertz CT molecular complexity index is 873. The van der Waals surface area contributed by atoms with Crippen molar-refractivity contribution in [1.82, 2.24) is 14.3 Å². The van der Waals surface area contributed by atoms with Crippen LogP contribution in [0.3, 0.4) is 0 Å². The molecule has 7 heteroatoms. The number of carbonyl (C=O) groups excluding carboxylic acids is 1. The number of nitrogens with zero attached hydrogens (tertiary/aromatic N) is 3. The standard InChI is InChI=1S/C18H18ClN3O2S/c1-24-11-9-21(13-14-5-3-2-4-6-14)16(23)8-7-15-17(19)20-18-22(15)10-12-25-18/h2-8,10,12H,9,11,13H2,1H3/b8-7+. The van der Waals surface area contributed by atoms with Crippen LogP contribution in [0.5, 0.6) is 0 Å². The maximum absolute atomic E-state index is 12.6. The topological polar surface area (TPSA) is 46.8 Å². The van der Waals surface area contributed by atoms with Crippen LogP contribution >= 0.6 is 22.9 Å². The second kappa shape index (κ2) is 8.29. The van der Waals surface area contributed by atoms with Crippen molar-refractivity contribution in [3.8, 4) is 0 Å². The lowest BCUT2D eigenvalue weighted by Gasteiger charge is -2.21. The molecular weight excluding hydrogens is 358 g/mol. The molecule has 3 rings (SSSR count). The number of thiazole rings is 1. The summed E-state index contributed by atoms with van der Waals surface area (Å²) >= 11 is 7.66. The molecule has 0 fully saturated rings. The van der Waals surface area contributed by atoms with Gasteiger partial charge in [0, 0.05) is 37.9 Å². The van der Waals surface area contributed by atoms with Crippen molar-refractivity contribution in [2.45, 2.75) is 6.54 Å².